The summed E-state index contributed by atoms with van der Waals surface area (Å²) < 4.78 is 4.17. The predicted molar refractivity (Wildman–Crippen MR) is 81.6 cm³/mol. The van der Waals surface area contributed by atoms with Gasteiger partial charge in [-0.3, -0.25) is 4.79 Å². The van der Waals surface area contributed by atoms with Crippen molar-refractivity contribution in [2.75, 3.05) is 37.6 Å². The standard InChI is InChI=1S/C10H17N5OS.2ClH/c1-8-12-10(17-13-8)15-6-4-14(5-7-15)9(16)2-3-11;;/h2-7,11H2,1H3;2*1H. The van der Waals surface area contributed by atoms with Crippen LogP contribution in [0.4, 0.5) is 5.13 Å². The van der Waals surface area contributed by atoms with E-state index in [-0.39, 0.29) is 30.7 Å². The molecule has 1 aromatic rings. The van der Waals surface area contributed by atoms with Crippen molar-refractivity contribution in [3.05, 3.63) is 5.82 Å². The predicted octanol–water partition coefficient (Wildman–Crippen LogP) is 0.688. The van der Waals surface area contributed by atoms with Crippen molar-refractivity contribution in [2.24, 2.45) is 5.73 Å². The molecule has 19 heavy (non-hydrogen) atoms. The minimum absolute atomic E-state index is 0. The van der Waals surface area contributed by atoms with Crippen molar-refractivity contribution >= 4 is 47.4 Å². The number of aromatic nitrogens is 2. The number of piperazine rings is 1. The summed E-state index contributed by atoms with van der Waals surface area (Å²) in [5.41, 5.74) is 5.38. The Morgan fingerprint density at radius 3 is 2.42 bits per heavy atom. The van der Waals surface area contributed by atoms with Gasteiger partial charge in [-0.05, 0) is 6.92 Å². The lowest BCUT2D eigenvalue weighted by molar-refractivity contribution is -0.131. The molecular formula is C10H19Cl2N5OS. The summed E-state index contributed by atoms with van der Waals surface area (Å²) in [4.78, 5) is 20.0. The zero-order chi connectivity index (χ0) is 12.3. The van der Waals surface area contributed by atoms with E-state index in [1.54, 1.807) is 0 Å². The molecule has 0 atom stereocenters. The average molecular weight is 328 g/mol. The van der Waals surface area contributed by atoms with Gasteiger partial charge in [0.25, 0.3) is 0 Å². The number of hydrogen-bond donors (Lipinski definition) is 1. The van der Waals surface area contributed by atoms with Gasteiger partial charge in [0.05, 0.1) is 0 Å². The lowest BCUT2D eigenvalue weighted by Gasteiger charge is -2.34. The van der Waals surface area contributed by atoms with Gasteiger partial charge in [-0.2, -0.15) is 4.37 Å². The summed E-state index contributed by atoms with van der Waals surface area (Å²) in [5.74, 6) is 0.965. The maximum atomic E-state index is 11.6. The molecule has 0 aliphatic carbocycles. The van der Waals surface area contributed by atoms with Crippen molar-refractivity contribution in [3.63, 3.8) is 0 Å². The molecule has 0 saturated carbocycles. The van der Waals surface area contributed by atoms with Gasteiger partial charge in [0.1, 0.15) is 5.82 Å². The molecule has 0 radical (unpaired) electrons. The summed E-state index contributed by atoms with van der Waals surface area (Å²) in [6.45, 7) is 5.46. The molecule has 0 unspecified atom stereocenters. The topological polar surface area (TPSA) is 75.4 Å². The molecule has 1 amide bonds. The second-order valence-electron chi connectivity index (χ2n) is 4.03. The van der Waals surface area contributed by atoms with Crippen molar-refractivity contribution < 1.29 is 4.79 Å². The first-order valence-electron chi connectivity index (χ1n) is 5.74. The third-order valence-electron chi connectivity index (χ3n) is 2.78. The van der Waals surface area contributed by atoms with Crippen LogP contribution in [0.2, 0.25) is 0 Å². The Labute approximate surface area is 129 Å². The van der Waals surface area contributed by atoms with Gasteiger partial charge in [-0.15, -0.1) is 24.8 Å². The van der Waals surface area contributed by atoms with E-state index in [1.807, 2.05) is 11.8 Å². The molecule has 1 fully saturated rings. The van der Waals surface area contributed by atoms with Crippen LogP contribution in [-0.2, 0) is 4.79 Å². The normalized spacial score (nSPS) is 14.6. The van der Waals surface area contributed by atoms with Crippen molar-refractivity contribution in [1.29, 1.82) is 0 Å². The van der Waals surface area contributed by atoms with E-state index in [2.05, 4.69) is 14.3 Å². The fraction of sp³-hybridized carbons (Fsp3) is 0.700. The number of nitrogens with zero attached hydrogens (tertiary/aromatic N) is 4. The third kappa shape index (κ3) is 4.76. The summed E-state index contributed by atoms with van der Waals surface area (Å²) in [7, 11) is 0. The zero-order valence-electron chi connectivity index (χ0n) is 10.7. The Hall–Kier alpha value is -0.630. The molecule has 0 aromatic carbocycles. The smallest absolute Gasteiger partial charge is 0.223 e. The first kappa shape index (κ1) is 18.4. The number of rotatable bonds is 3. The van der Waals surface area contributed by atoms with Gasteiger partial charge >= 0.3 is 0 Å². The van der Waals surface area contributed by atoms with Crippen LogP contribution in [0.15, 0.2) is 0 Å². The SMILES string of the molecule is Cc1nsc(N2CCN(C(=O)CCN)CC2)n1.Cl.Cl. The summed E-state index contributed by atoms with van der Waals surface area (Å²) >= 11 is 1.42. The number of hydrogen-bond acceptors (Lipinski definition) is 6. The first-order chi connectivity index (χ1) is 8.20. The first-order valence-corrected chi connectivity index (χ1v) is 6.51. The van der Waals surface area contributed by atoms with Gasteiger partial charge in [-0.1, -0.05) is 0 Å². The van der Waals surface area contributed by atoms with E-state index < -0.39 is 0 Å². The fourth-order valence-electron chi connectivity index (χ4n) is 1.84. The Balaban J connectivity index is 0.00000162. The lowest BCUT2D eigenvalue weighted by Crippen LogP contribution is -2.49. The van der Waals surface area contributed by atoms with E-state index in [0.29, 0.717) is 13.0 Å². The van der Waals surface area contributed by atoms with Crippen LogP contribution < -0.4 is 10.6 Å². The van der Waals surface area contributed by atoms with Crippen molar-refractivity contribution in [1.82, 2.24) is 14.3 Å². The molecule has 9 heteroatoms. The van der Waals surface area contributed by atoms with Crippen LogP contribution in [0.1, 0.15) is 12.2 Å². The number of carbonyl (C=O) groups is 1. The average Bonchev–Trinajstić information content (AvgIpc) is 2.76. The Morgan fingerprint density at radius 1 is 1.32 bits per heavy atom. The molecule has 0 bridgehead atoms. The van der Waals surface area contributed by atoms with Crippen molar-refractivity contribution in [3.8, 4) is 0 Å². The minimum Gasteiger partial charge on any atom is -0.343 e. The largest absolute Gasteiger partial charge is 0.343 e. The molecular weight excluding hydrogens is 309 g/mol. The zero-order valence-corrected chi connectivity index (χ0v) is 13.2. The van der Waals surface area contributed by atoms with Crippen LogP contribution >= 0.6 is 36.3 Å². The quantitative estimate of drug-likeness (QED) is 0.883. The number of aryl methyl sites for hydroxylation is 1. The van der Waals surface area contributed by atoms with E-state index in [4.69, 9.17) is 5.73 Å². The molecule has 2 rings (SSSR count). The minimum atomic E-state index is 0. The highest BCUT2D eigenvalue weighted by Gasteiger charge is 2.22. The van der Waals surface area contributed by atoms with Gasteiger partial charge in [0, 0.05) is 50.7 Å². The van der Waals surface area contributed by atoms with Crippen LogP contribution in [0, 0.1) is 6.92 Å². The molecule has 110 valence electrons. The summed E-state index contributed by atoms with van der Waals surface area (Å²) in [6.07, 6.45) is 0.442. The van der Waals surface area contributed by atoms with E-state index in [0.717, 1.165) is 37.1 Å². The monoisotopic (exact) mass is 327 g/mol. The highest BCUT2D eigenvalue weighted by atomic mass is 35.5. The molecule has 1 aromatic heterocycles. The van der Waals surface area contributed by atoms with E-state index in [1.165, 1.54) is 11.5 Å². The number of anilines is 1. The summed E-state index contributed by atoms with van der Waals surface area (Å²) in [6, 6.07) is 0. The Bertz CT molecular complexity index is 395. The molecule has 2 heterocycles. The van der Waals surface area contributed by atoms with E-state index >= 15 is 0 Å². The molecule has 6 nitrogen and oxygen atoms in total. The van der Waals surface area contributed by atoms with E-state index in [9.17, 15) is 4.79 Å². The van der Waals surface area contributed by atoms with Crippen molar-refractivity contribution in [2.45, 2.75) is 13.3 Å². The van der Waals surface area contributed by atoms with Gasteiger partial charge < -0.3 is 15.5 Å². The van der Waals surface area contributed by atoms with Crippen LogP contribution in [-0.4, -0.2) is 52.9 Å². The molecule has 1 saturated heterocycles. The third-order valence-corrected chi connectivity index (χ3v) is 3.65. The molecule has 1 aliphatic rings. The second kappa shape index (κ2) is 8.52. The lowest BCUT2D eigenvalue weighted by atomic mass is 10.3. The number of halogens is 2. The number of amides is 1. The number of nitrogens with two attached hydrogens (primary N) is 1. The van der Waals surface area contributed by atoms with Gasteiger partial charge in [0.2, 0.25) is 11.0 Å². The highest BCUT2D eigenvalue weighted by molar-refractivity contribution is 7.09. The molecule has 2 N–H and O–H groups in total. The van der Waals surface area contributed by atoms with Crippen LogP contribution in [0.5, 0.6) is 0 Å². The maximum Gasteiger partial charge on any atom is 0.223 e. The maximum absolute atomic E-state index is 11.6. The molecule has 1 aliphatic heterocycles. The summed E-state index contributed by atoms with van der Waals surface area (Å²) in [5, 5.41) is 0.952. The highest BCUT2D eigenvalue weighted by Crippen LogP contribution is 2.18. The molecule has 0 spiro atoms. The second-order valence-corrected chi connectivity index (χ2v) is 4.76. The number of carbonyl (C=O) groups excluding carboxylic acids is 1. The van der Waals surface area contributed by atoms with Gasteiger partial charge in [-0.25, -0.2) is 4.98 Å². The van der Waals surface area contributed by atoms with Crippen LogP contribution in [0.25, 0.3) is 0 Å². The van der Waals surface area contributed by atoms with Crippen LogP contribution in [0.3, 0.4) is 0 Å². The fourth-order valence-corrected chi connectivity index (χ4v) is 2.57. The Kier molecular flexibility index (Phi) is 8.24. The van der Waals surface area contributed by atoms with Gasteiger partial charge in [0.15, 0.2) is 0 Å². The Morgan fingerprint density at radius 2 is 1.95 bits per heavy atom.